The van der Waals surface area contributed by atoms with E-state index in [1.807, 2.05) is 13.8 Å². The van der Waals surface area contributed by atoms with Crippen molar-refractivity contribution in [2.75, 3.05) is 13.2 Å². The number of benzene rings is 1. The quantitative estimate of drug-likeness (QED) is 0.808. The lowest BCUT2D eigenvalue weighted by Crippen LogP contribution is -2.25. The Morgan fingerprint density at radius 1 is 1.28 bits per heavy atom. The van der Waals surface area contributed by atoms with E-state index >= 15 is 0 Å². The van der Waals surface area contributed by atoms with Gasteiger partial charge in [0.2, 0.25) is 0 Å². The molecular formula is C13H19BrO4. The molecule has 0 bridgehead atoms. The molecule has 0 heterocycles. The lowest BCUT2D eigenvalue weighted by Gasteiger charge is -2.15. The van der Waals surface area contributed by atoms with Crippen molar-refractivity contribution in [1.82, 2.24) is 0 Å². The molecule has 0 aliphatic carbocycles. The molecule has 0 aliphatic rings. The summed E-state index contributed by atoms with van der Waals surface area (Å²) in [6, 6.07) is 5.31. The van der Waals surface area contributed by atoms with E-state index < -0.39 is 6.10 Å². The van der Waals surface area contributed by atoms with Crippen molar-refractivity contribution in [2.45, 2.75) is 32.7 Å². The van der Waals surface area contributed by atoms with Gasteiger partial charge >= 0.3 is 0 Å². The summed E-state index contributed by atoms with van der Waals surface area (Å²) in [7, 11) is 0. The van der Waals surface area contributed by atoms with Crippen molar-refractivity contribution in [2.24, 2.45) is 0 Å². The number of rotatable bonds is 7. The molecule has 0 saturated heterocycles. The first-order valence-corrected chi connectivity index (χ1v) is 6.64. The first-order valence-electron chi connectivity index (χ1n) is 5.84. The first kappa shape index (κ1) is 15.4. The van der Waals surface area contributed by atoms with Crippen molar-refractivity contribution in [3.63, 3.8) is 0 Å². The highest BCUT2D eigenvalue weighted by molar-refractivity contribution is 9.10. The van der Waals surface area contributed by atoms with Crippen LogP contribution in [0, 0.1) is 0 Å². The van der Waals surface area contributed by atoms with E-state index in [1.165, 1.54) is 0 Å². The topological polar surface area (TPSA) is 58.9 Å². The Balaban J connectivity index is 2.43. The van der Waals surface area contributed by atoms with Crippen LogP contribution in [-0.4, -0.2) is 35.6 Å². The highest BCUT2D eigenvalue weighted by Gasteiger charge is 2.09. The van der Waals surface area contributed by atoms with E-state index in [1.54, 1.807) is 18.2 Å². The lowest BCUT2D eigenvalue weighted by atomic mass is 10.2. The molecule has 0 amide bonds. The van der Waals surface area contributed by atoms with E-state index in [2.05, 4.69) is 15.9 Å². The first-order chi connectivity index (χ1) is 8.52. The molecule has 5 heteroatoms. The maximum Gasteiger partial charge on any atom is 0.133 e. The number of aliphatic hydroxyl groups is 2. The van der Waals surface area contributed by atoms with E-state index in [9.17, 15) is 5.11 Å². The zero-order valence-electron chi connectivity index (χ0n) is 10.6. The molecule has 102 valence electrons. The molecule has 0 spiro atoms. The maximum absolute atomic E-state index is 9.65. The van der Waals surface area contributed by atoms with Gasteiger partial charge in [-0.3, -0.25) is 0 Å². The van der Waals surface area contributed by atoms with E-state index in [0.29, 0.717) is 5.75 Å². The largest absolute Gasteiger partial charge is 0.490 e. The minimum Gasteiger partial charge on any atom is -0.490 e. The third kappa shape index (κ3) is 5.35. The molecule has 0 radical (unpaired) electrons. The molecular weight excluding hydrogens is 300 g/mol. The third-order valence-corrected chi connectivity index (χ3v) is 2.85. The minimum absolute atomic E-state index is 0.0102. The Hall–Kier alpha value is -0.620. The summed E-state index contributed by atoms with van der Waals surface area (Å²) in [6.45, 7) is 4.24. The van der Waals surface area contributed by atoms with Gasteiger partial charge in [0.25, 0.3) is 0 Å². The van der Waals surface area contributed by atoms with Crippen LogP contribution in [0.25, 0.3) is 0 Å². The van der Waals surface area contributed by atoms with Crippen molar-refractivity contribution in [3.8, 4) is 5.75 Å². The number of aliphatic hydroxyl groups excluding tert-OH is 2. The van der Waals surface area contributed by atoms with Crippen LogP contribution in [0.1, 0.15) is 19.4 Å². The summed E-state index contributed by atoms with van der Waals surface area (Å²) in [4.78, 5) is 0. The van der Waals surface area contributed by atoms with Crippen LogP contribution in [0.3, 0.4) is 0 Å². The minimum atomic E-state index is -0.656. The van der Waals surface area contributed by atoms with Gasteiger partial charge < -0.3 is 19.7 Å². The molecule has 2 N–H and O–H groups in total. The molecule has 1 aromatic carbocycles. The lowest BCUT2D eigenvalue weighted by molar-refractivity contribution is -0.0123. The van der Waals surface area contributed by atoms with Crippen LogP contribution in [-0.2, 0) is 11.3 Å². The zero-order valence-corrected chi connectivity index (χ0v) is 12.2. The monoisotopic (exact) mass is 318 g/mol. The van der Waals surface area contributed by atoms with Gasteiger partial charge in [0.05, 0.1) is 23.8 Å². The number of hydrogen-bond acceptors (Lipinski definition) is 4. The molecule has 18 heavy (non-hydrogen) atoms. The summed E-state index contributed by atoms with van der Waals surface area (Å²) in [5.41, 5.74) is 0.804. The van der Waals surface area contributed by atoms with Gasteiger partial charge in [0, 0.05) is 0 Å². The van der Waals surface area contributed by atoms with Gasteiger partial charge in [0.15, 0.2) is 0 Å². The fourth-order valence-corrected chi connectivity index (χ4v) is 1.84. The molecule has 0 aliphatic heterocycles. The number of hydrogen-bond donors (Lipinski definition) is 2. The van der Waals surface area contributed by atoms with Gasteiger partial charge in [0.1, 0.15) is 18.5 Å². The van der Waals surface area contributed by atoms with Crippen molar-refractivity contribution in [1.29, 1.82) is 0 Å². The Morgan fingerprint density at radius 2 is 2.00 bits per heavy atom. The van der Waals surface area contributed by atoms with Crippen LogP contribution in [0.4, 0.5) is 0 Å². The normalized spacial score (nSPS) is 12.8. The van der Waals surface area contributed by atoms with Crippen LogP contribution in [0.5, 0.6) is 5.75 Å². The van der Waals surface area contributed by atoms with Crippen molar-refractivity contribution < 1.29 is 19.7 Å². The van der Waals surface area contributed by atoms with Crippen molar-refractivity contribution in [3.05, 3.63) is 28.2 Å². The summed E-state index contributed by atoms with van der Waals surface area (Å²) < 4.78 is 11.5. The second-order valence-electron chi connectivity index (χ2n) is 4.27. The van der Waals surface area contributed by atoms with E-state index in [0.717, 1.165) is 10.0 Å². The van der Waals surface area contributed by atoms with Gasteiger partial charge in [-0.2, -0.15) is 0 Å². The van der Waals surface area contributed by atoms with Crippen LogP contribution in [0.2, 0.25) is 0 Å². The summed E-state index contributed by atoms with van der Waals surface area (Å²) in [5.74, 6) is 0.635. The molecule has 0 fully saturated rings. The molecule has 1 unspecified atom stereocenters. The molecule has 1 aromatic rings. The van der Waals surface area contributed by atoms with Gasteiger partial charge in [-0.15, -0.1) is 0 Å². The van der Waals surface area contributed by atoms with Gasteiger partial charge in [-0.25, -0.2) is 0 Å². The highest BCUT2D eigenvalue weighted by Crippen LogP contribution is 2.26. The summed E-state index contributed by atoms with van der Waals surface area (Å²) >= 11 is 3.35. The average Bonchev–Trinajstić information content (AvgIpc) is 2.34. The second-order valence-corrected chi connectivity index (χ2v) is 5.12. The zero-order chi connectivity index (χ0) is 13.5. The fourth-order valence-electron chi connectivity index (χ4n) is 1.30. The molecule has 0 saturated carbocycles. The molecule has 4 nitrogen and oxygen atoms in total. The van der Waals surface area contributed by atoms with Crippen LogP contribution < -0.4 is 4.74 Å². The summed E-state index contributed by atoms with van der Waals surface area (Å²) in [5, 5.41) is 18.6. The molecule has 1 atom stereocenters. The Labute approximate surface area is 116 Å². The SMILES string of the molecule is CC(C)OCC(O)COc1ccc(CO)cc1Br. The third-order valence-electron chi connectivity index (χ3n) is 2.23. The number of ether oxygens (including phenoxy) is 2. The standard InChI is InChI=1S/C13H19BrO4/c1-9(2)17-7-11(16)8-18-13-4-3-10(6-15)5-12(13)14/h3-5,9,11,15-16H,6-8H2,1-2H3. The van der Waals surface area contributed by atoms with Crippen molar-refractivity contribution >= 4 is 15.9 Å². The van der Waals surface area contributed by atoms with Crippen LogP contribution in [0.15, 0.2) is 22.7 Å². The maximum atomic E-state index is 9.65. The fraction of sp³-hybridized carbons (Fsp3) is 0.538. The highest BCUT2D eigenvalue weighted by atomic mass is 79.9. The Bertz CT molecular complexity index is 368. The second kappa shape index (κ2) is 7.74. The van der Waals surface area contributed by atoms with Crippen LogP contribution >= 0.6 is 15.9 Å². The van der Waals surface area contributed by atoms with E-state index in [-0.39, 0.29) is 25.9 Å². The predicted octanol–water partition coefficient (Wildman–Crippen LogP) is 2.11. The summed E-state index contributed by atoms with van der Waals surface area (Å²) in [6.07, 6.45) is -0.563. The Morgan fingerprint density at radius 3 is 2.56 bits per heavy atom. The predicted molar refractivity (Wildman–Crippen MR) is 72.7 cm³/mol. The molecule has 1 rings (SSSR count). The molecule has 0 aromatic heterocycles. The van der Waals surface area contributed by atoms with E-state index in [4.69, 9.17) is 14.6 Å². The van der Waals surface area contributed by atoms with Gasteiger partial charge in [-0.1, -0.05) is 6.07 Å². The number of halogens is 1. The smallest absolute Gasteiger partial charge is 0.133 e. The van der Waals surface area contributed by atoms with Gasteiger partial charge in [-0.05, 0) is 47.5 Å². The Kier molecular flexibility index (Phi) is 6.63. The average molecular weight is 319 g/mol.